The molecular weight excluding hydrogens is 729 g/mol. The van der Waals surface area contributed by atoms with Gasteiger partial charge in [-0.15, -0.1) is 12.6 Å². The number of para-hydroxylation sites is 4. The molecule has 0 saturated heterocycles. The second-order valence-electron chi connectivity index (χ2n) is 12.4. The first-order valence-electron chi connectivity index (χ1n) is 17.7. The van der Waals surface area contributed by atoms with E-state index >= 15 is 0 Å². The molecule has 6 rings (SSSR count). The number of nitrogens with zero attached hydrogens (tertiary/aromatic N) is 1. The molecule has 0 radical (unpaired) electrons. The molecule has 56 heavy (non-hydrogen) atoms. The molecule has 1 heterocycles. The van der Waals surface area contributed by atoms with Crippen LogP contribution in [0.15, 0.2) is 126 Å². The van der Waals surface area contributed by atoms with Crippen LogP contribution in [-0.2, 0) is 9.59 Å². The Morgan fingerprint density at radius 3 is 1.80 bits per heavy atom. The minimum atomic E-state index is -0.233. The van der Waals surface area contributed by atoms with E-state index in [1.54, 1.807) is 81.0 Å². The van der Waals surface area contributed by atoms with Gasteiger partial charge in [0.2, 0.25) is 11.8 Å². The van der Waals surface area contributed by atoms with Crippen LogP contribution in [0.4, 0.5) is 28.4 Å². The summed E-state index contributed by atoms with van der Waals surface area (Å²) in [5.74, 6) is 0.648. The first kappa shape index (κ1) is 42.0. The summed E-state index contributed by atoms with van der Waals surface area (Å²) in [6.45, 7) is 0.375. The zero-order chi connectivity index (χ0) is 40.5. The molecule has 12 nitrogen and oxygen atoms in total. The zero-order valence-electron chi connectivity index (χ0n) is 31.2. The normalized spacial score (nSPS) is 11.4. The van der Waals surface area contributed by atoms with Crippen molar-refractivity contribution < 1.29 is 28.7 Å². The summed E-state index contributed by atoms with van der Waals surface area (Å²) in [5.41, 5.74) is 22.0. The number of rotatable bonds is 12. The van der Waals surface area contributed by atoms with Crippen molar-refractivity contribution in [3.05, 3.63) is 138 Å². The molecule has 5 aromatic carbocycles. The van der Waals surface area contributed by atoms with Gasteiger partial charge in [-0.25, -0.2) is 0 Å². The van der Waals surface area contributed by atoms with Gasteiger partial charge in [-0.3, -0.25) is 24.1 Å². The van der Waals surface area contributed by atoms with Crippen molar-refractivity contribution in [2.75, 3.05) is 48.6 Å². The van der Waals surface area contributed by atoms with Crippen LogP contribution in [0, 0.1) is 0 Å². The highest BCUT2D eigenvalue weighted by molar-refractivity contribution is 7.80. The average Bonchev–Trinajstić information content (AvgIpc) is 3.44. The quantitative estimate of drug-likeness (QED) is 0.0244. The molecule has 4 amide bonds. The number of carbonyl (C=O) groups is 4. The molecule has 0 bridgehead atoms. The summed E-state index contributed by atoms with van der Waals surface area (Å²) >= 11 is 4.16. The molecule has 0 fully saturated rings. The van der Waals surface area contributed by atoms with Gasteiger partial charge in [-0.2, -0.15) is 0 Å². The lowest BCUT2D eigenvalue weighted by molar-refractivity contribution is -0.116. The van der Waals surface area contributed by atoms with Crippen LogP contribution in [0.2, 0.25) is 0 Å². The second kappa shape index (κ2) is 21.2. The van der Waals surface area contributed by atoms with Gasteiger partial charge in [0.15, 0.2) is 11.5 Å². The van der Waals surface area contributed by atoms with Gasteiger partial charge < -0.3 is 37.3 Å². The molecule has 0 aromatic heterocycles. The van der Waals surface area contributed by atoms with Crippen LogP contribution in [0.5, 0.6) is 11.5 Å². The predicted octanol–water partition coefficient (Wildman–Crippen LogP) is 7.56. The Hall–Kier alpha value is -6.73. The molecule has 1 aliphatic heterocycles. The van der Waals surface area contributed by atoms with Gasteiger partial charge in [0.25, 0.3) is 11.8 Å². The van der Waals surface area contributed by atoms with Gasteiger partial charge in [-0.05, 0) is 91.2 Å². The number of hydrogen-bond donors (Lipinski definition) is 6. The number of unbranched alkanes of at least 4 members (excludes halogenated alkanes) is 2. The number of fused-ring (bicyclic) bond motifs is 1. The number of nitrogen functional groups attached to an aromatic ring is 3. The van der Waals surface area contributed by atoms with E-state index in [1.165, 1.54) is 11.0 Å². The van der Waals surface area contributed by atoms with Crippen molar-refractivity contribution in [2.45, 2.75) is 30.6 Å². The van der Waals surface area contributed by atoms with Gasteiger partial charge in [0.1, 0.15) is 0 Å². The second-order valence-corrected chi connectivity index (χ2v) is 12.9. The minimum Gasteiger partial charge on any atom is -0.493 e. The van der Waals surface area contributed by atoms with E-state index in [0.717, 1.165) is 22.6 Å². The summed E-state index contributed by atoms with van der Waals surface area (Å²) in [7, 11) is 3.21. The molecule has 290 valence electrons. The topological polar surface area (TPSA) is 192 Å². The van der Waals surface area contributed by atoms with Crippen LogP contribution in [0.1, 0.15) is 52.0 Å². The van der Waals surface area contributed by atoms with Crippen molar-refractivity contribution in [1.29, 1.82) is 0 Å². The average molecular weight is 775 g/mol. The summed E-state index contributed by atoms with van der Waals surface area (Å²) in [6.07, 6.45) is 5.65. The zero-order valence-corrected chi connectivity index (χ0v) is 32.1. The molecule has 1 aliphatic rings. The fraction of sp³-hybridized carbons (Fsp3) is 0.163. The van der Waals surface area contributed by atoms with Crippen molar-refractivity contribution in [3.8, 4) is 11.5 Å². The van der Waals surface area contributed by atoms with E-state index in [4.69, 9.17) is 26.7 Å². The van der Waals surface area contributed by atoms with Crippen LogP contribution in [0.3, 0.4) is 0 Å². The number of nitrogens with two attached hydrogens (primary N) is 3. The molecule has 0 aliphatic carbocycles. The van der Waals surface area contributed by atoms with Gasteiger partial charge >= 0.3 is 0 Å². The Labute approximate surface area is 332 Å². The molecule has 0 atom stereocenters. The maximum Gasteiger partial charge on any atom is 0.261 e. The van der Waals surface area contributed by atoms with E-state index in [2.05, 4.69) is 23.3 Å². The lowest BCUT2D eigenvalue weighted by atomic mass is 10.1. The number of benzene rings is 5. The molecule has 5 aromatic rings. The summed E-state index contributed by atoms with van der Waals surface area (Å²) < 4.78 is 10.1. The summed E-state index contributed by atoms with van der Waals surface area (Å²) in [4.78, 5) is 50.3. The predicted molar refractivity (Wildman–Crippen MR) is 226 cm³/mol. The number of amides is 4. The minimum absolute atomic E-state index is 0.0939. The van der Waals surface area contributed by atoms with Crippen LogP contribution < -0.4 is 37.3 Å². The summed E-state index contributed by atoms with van der Waals surface area (Å²) in [6, 6.07) is 33.8. The van der Waals surface area contributed by atoms with Crippen LogP contribution >= 0.6 is 12.6 Å². The van der Waals surface area contributed by atoms with Crippen molar-refractivity contribution in [1.82, 2.24) is 4.90 Å². The van der Waals surface area contributed by atoms with Crippen molar-refractivity contribution >= 4 is 70.8 Å². The first-order chi connectivity index (χ1) is 27.0. The Bertz CT molecular complexity index is 2120. The maximum absolute atomic E-state index is 12.2. The fourth-order valence-corrected chi connectivity index (χ4v) is 5.58. The molecular formula is C43H46N6O6S. The molecule has 0 unspecified atom stereocenters. The molecule has 8 N–H and O–H groups in total. The van der Waals surface area contributed by atoms with Crippen LogP contribution in [-0.4, -0.2) is 49.3 Å². The number of ether oxygens (including phenoxy) is 2. The van der Waals surface area contributed by atoms with E-state index in [-0.39, 0.29) is 23.6 Å². The molecule has 13 heteroatoms. The number of methoxy groups -OCH3 is 2. The standard InChI is InChI=1S/C20H21N3O3.C15H15N3O.C8H10O2S/c21-16-10-5-6-11-17(16)22-18(24)12-2-1-7-13-23-19(25)14-8-3-4-9-15(14)20(23)26;16-12-8-5-11(6-9-12)7-10-15(19)18-14-4-2-1-3-13(14)17;1-9-7-4-3-6(11)5-8(7)10-2/h3-6,8-11H,1-2,7,12-13,21H2,(H,22,24);1-10H,16-17H2,(H,18,19);3-5,11H,1-2H3/b;10-7+;. The van der Waals surface area contributed by atoms with Gasteiger partial charge in [0, 0.05) is 29.6 Å². The van der Waals surface area contributed by atoms with E-state index in [1.807, 2.05) is 54.6 Å². The lowest BCUT2D eigenvalue weighted by Crippen LogP contribution is -2.30. The Morgan fingerprint density at radius 1 is 0.679 bits per heavy atom. The SMILES string of the molecule is COc1ccc(S)cc1OC.Nc1ccc(/C=C/C(=O)Nc2ccccc2N)cc1.Nc1ccccc1NC(=O)CCCCCN1C(=O)c2ccccc2C1=O. The number of imide groups is 1. The number of thiol groups is 1. The Morgan fingerprint density at radius 2 is 1.23 bits per heavy atom. The van der Waals surface area contributed by atoms with Crippen molar-refractivity contribution in [3.63, 3.8) is 0 Å². The Balaban J connectivity index is 0.000000203. The Kier molecular flexibility index (Phi) is 15.9. The third-order valence-corrected chi connectivity index (χ3v) is 8.63. The van der Waals surface area contributed by atoms with E-state index in [0.29, 0.717) is 71.1 Å². The third kappa shape index (κ3) is 12.4. The number of nitrogens with one attached hydrogen (secondary N) is 2. The first-order valence-corrected chi connectivity index (χ1v) is 18.1. The van der Waals surface area contributed by atoms with Gasteiger partial charge in [0.05, 0.1) is 48.1 Å². The van der Waals surface area contributed by atoms with Gasteiger partial charge in [-0.1, -0.05) is 55.0 Å². The number of hydrogen-bond acceptors (Lipinski definition) is 10. The van der Waals surface area contributed by atoms with Crippen LogP contribution in [0.25, 0.3) is 6.08 Å². The highest BCUT2D eigenvalue weighted by Crippen LogP contribution is 2.28. The third-order valence-electron chi connectivity index (χ3n) is 8.35. The number of anilines is 5. The molecule has 0 saturated carbocycles. The highest BCUT2D eigenvalue weighted by Gasteiger charge is 2.34. The largest absolute Gasteiger partial charge is 0.493 e. The van der Waals surface area contributed by atoms with E-state index < -0.39 is 0 Å². The molecule has 0 spiro atoms. The maximum atomic E-state index is 12.2. The highest BCUT2D eigenvalue weighted by atomic mass is 32.1. The summed E-state index contributed by atoms with van der Waals surface area (Å²) in [5, 5.41) is 5.50. The van der Waals surface area contributed by atoms with Crippen molar-refractivity contribution in [2.24, 2.45) is 0 Å². The monoisotopic (exact) mass is 774 g/mol. The lowest BCUT2D eigenvalue weighted by Gasteiger charge is -2.13. The number of carbonyl (C=O) groups excluding carboxylic acids is 4. The smallest absolute Gasteiger partial charge is 0.261 e. The fourth-order valence-electron chi connectivity index (χ4n) is 5.39. The van der Waals surface area contributed by atoms with E-state index in [9.17, 15) is 19.2 Å².